The molecule has 45 heavy (non-hydrogen) atoms. The Morgan fingerprint density at radius 3 is 2.47 bits per heavy atom. The highest BCUT2D eigenvalue weighted by atomic mass is 19.4. The van der Waals surface area contributed by atoms with Crippen LogP contribution in [0.4, 0.5) is 17.6 Å². The Bertz CT molecular complexity index is 1970. The fourth-order valence-electron chi connectivity index (χ4n) is 6.85. The van der Waals surface area contributed by atoms with Gasteiger partial charge in [0.2, 0.25) is 0 Å². The van der Waals surface area contributed by atoms with Crippen LogP contribution in [0.25, 0.3) is 21.7 Å². The number of alkyl halides is 3. The topological polar surface area (TPSA) is 60.5 Å². The number of rotatable bonds is 7. The van der Waals surface area contributed by atoms with Crippen molar-refractivity contribution in [2.75, 3.05) is 26.2 Å². The number of fused-ring (bicyclic) bond motifs is 4. The van der Waals surface area contributed by atoms with Crippen LogP contribution in [0.5, 0.6) is 0 Å². The van der Waals surface area contributed by atoms with E-state index in [9.17, 15) is 22.4 Å². The van der Waals surface area contributed by atoms with E-state index in [1.807, 2.05) is 42.5 Å². The van der Waals surface area contributed by atoms with Gasteiger partial charge in [-0.3, -0.25) is 9.79 Å². The van der Waals surface area contributed by atoms with Crippen LogP contribution in [0.3, 0.4) is 0 Å². The van der Waals surface area contributed by atoms with Gasteiger partial charge < -0.3 is 15.2 Å². The van der Waals surface area contributed by atoms with Crippen molar-refractivity contribution in [2.24, 2.45) is 10.9 Å². The van der Waals surface area contributed by atoms with Crippen molar-refractivity contribution < 1.29 is 17.6 Å². The van der Waals surface area contributed by atoms with Crippen LogP contribution < -0.4 is 10.9 Å². The number of nitrogens with zero attached hydrogens (tertiary/aromatic N) is 2. The van der Waals surface area contributed by atoms with Crippen LogP contribution in [0.1, 0.15) is 46.7 Å². The molecule has 230 valence electrons. The third-order valence-electron chi connectivity index (χ3n) is 9.15. The number of aromatic amines is 1. The molecule has 0 amide bonds. The molecule has 0 bridgehead atoms. The van der Waals surface area contributed by atoms with Crippen molar-refractivity contribution in [3.63, 3.8) is 0 Å². The molecule has 1 saturated heterocycles. The number of pyridine rings is 1. The highest BCUT2D eigenvalue weighted by Crippen LogP contribution is 2.34. The molecule has 9 heteroatoms. The number of halogens is 4. The molecule has 5 aromatic rings. The summed E-state index contributed by atoms with van der Waals surface area (Å²) in [4.78, 5) is 22.7. The maximum absolute atomic E-state index is 13.7. The van der Waals surface area contributed by atoms with Gasteiger partial charge in [0, 0.05) is 46.6 Å². The van der Waals surface area contributed by atoms with E-state index in [1.165, 1.54) is 18.2 Å². The fraction of sp³-hybridized carbons (Fsp3) is 0.278. The van der Waals surface area contributed by atoms with E-state index < -0.39 is 17.8 Å². The molecule has 0 spiro atoms. The van der Waals surface area contributed by atoms with Crippen molar-refractivity contribution in [1.82, 2.24) is 15.2 Å². The van der Waals surface area contributed by atoms with Crippen molar-refractivity contribution in [1.29, 1.82) is 0 Å². The number of H-pyrrole nitrogens is 1. The predicted molar refractivity (Wildman–Crippen MR) is 169 cm³/mol. The molecule has 1 aromatic heterocycles. The summed E-state index contributed by atoms with van der Waals surface area (Å²) in [5, 5.41) is 5.74. The number of hydrogen-bond donors (Lipinski definition) is 2. The lowest BCUT2D eigenvalue weighted by Gasteiger charge is -2.33. The third-order valence-corrected chi connectivity index (χ3v) is 9.15. The second kappa shape index (κ2) is 11.9. The molecule has 2 N–H and O–H groups in total. The Balaban J connectivity index is 1.10. The van der Waals surface area contributed by atoms with Crippen LogP contribution in [-0.4, -0.2) is 41.8 Å². The number of likely N-dealkylation sites (tertiary alicyclic amines) is 1. The minimum Gasteiger partial charge on any atom is -0.321 e. The summed E-state index contributed by atoms with van der Waals surface area (Å²) in [6.07, 6.45) is -2.56. The zero-order valence-electron chi connectivity index (χ0n) is 24.5. The number of aromatic nitrogens is 1. The molecule has 0 aliphatic carbocycles. The first kappa shape index (κ1) is 29.4. The van der Waals surface area contributed by atoms with Gasteiger partial charge in [0.1, 0.15) is 5.82 Å². The minimum absolute atomic E-state index is 0.180. The number of piperidine rings is 1. The molecule has 3 heterocycles. The van der Waals surface area contributed by atoms with E-state index in [2.05, 4.69) is 15.2 Å². The molecular formula is C36H32F4N4O. The molecule has 5 nitrogen and oxygen atoms in total. The Labute approximate surface area is 257 Å². The zero-order chi connectivity index (χ0) is 31.1. The quantitative estimate of drug-likeness (QED) is 0.151. The van der Waals surface area contributed by atoms with Crippen LogP contribution in [0.15, 0.2) is 94.7 Å². The largest absolute Gasteiger partial charge is 0.416 e. The molecule has 4 aromatic carbocycles. The summed E-state index contributed by atoms with van der Waals surface area (Å²) in [7, 11) is 0. The Morgan fingerprint density at radius 2 is 1.67 bits per heavy atom. The maximum Gasteiger partial charge on any atom is 0.416 e. The summed E-state index contributed by atoms with van der Waals surface area (Å²) >= 11 is 0. The summed E-state index contributed by atoms with van der Waals surface area (Å²) in [6, 6.07) is 22.9. The summed E-state index contributed by atoms with van der Waals surface area (Å²) < 4.78 is 54.8. The zero-order valence-corrected chi connectivity index (χ0v) is 24.5. The molecule has 2 aliphatic rings. The lowest BCUT2D eigenvalue weighted by atomic mass is 9.87. The van der Waals surface area contributed by atoms with Gasteiger partial charge in [0.15, 0.2) is 0 Å². The Hall–Kier alpha value is -4.34. The average molecular weight is 613 g/mol. The van der Waals surface area contributed by atoms with E-state index in [0.717, 1.165) is 71.7 Å². The van der Waals surface area contributed by atoms with Crippen molar-refractivity contribution in [3.05, 3.63) is 129 Å². The maximum atomic E-state index is 13.7. The van der Waals surface area contributed by atoms with Gasteiger partial charge in [0.05, 0.1) is 18.2 Å². The van der Waals surface area contributed by atoms with E-state index >= 15 is 0 Å². The third kappa shape index (κ3) is 5.90. The number of nitrogens with one attached hydrogen (secondary N) is 2. The van der Waals surface area contributed by atoms with E-state index in [1.54, 1.807) is 18.2 Å². The SMILES string of the molecule is O=c1[nH]c2ccc(C(NCCN3CCC(C4=NCc5cc(F)ccc54)CC3)c3cccc(C(F)(F)F)c3)cc2c2ccccc12. The normalized spacial score (nSPS) is 16.7. The molecule has 0 saturated carbocycles. The number of aliphatic imine (C=N–C) groups is 1. The Morgan fingerprint density at radius 1 is 0.889 bits per heavy atom. The van der Waals surface area contributed by atoms with Crippen LogP contribution in [-0.2, 0) is 12.7 Å². The first-order valence-electron chi connectivity index (χ1n) is 15.3. The Kier molecular flexibility index (Phi) is 7.75. The van der Waals surface area contributed by atoms with Crippen LogP contribution in [0, 0.1) is 11.7 Å². The van der Waals surface area contributed by atoms with Crippen molar-refractivity contribution in [3.8, 4) is 0 Å². The predicted octanol–water partition coefficient (Wildman–Crippen LogP) is 7.23. The van der Waals surface area contributed by atoms with E-state index in [4.69, 9.17) is 4.99 Å². The van der Waals surface area contributed by atoms with Crippen molar-refractivity contribution >= 4 is 27.4 Å². The highest BCUT2D eigenvalue weighted by Gasteiger charge is 2.32. The lowest BCUT2D eigenvalue weighted by molar-refractivity contribution is -0.137. The number of benzene rings is 4. The van der Waals surface area contributed by atoms with Gasteiger partial charge >= 0.3 is 6.18 Å². The minimum atomic E-state index is -4.46. The molecule has 0 radical (unpaired) electrons. The molecule has 7 rings (SSSR count). The first-order chi connectivity index (χ1) is 21.7. The van der Waals surface area contributed by atoms with E-state index in [-0.39, 0.29) is 11.4 Å². The fourth-order valence-corrected chi connectivity index (χ4v) is 6.85. The van der Waals surface area contributed by atoms with E-state index in [0.29, 0.717) is 35.5 Å². The van der Waals surface area contributed by atoms with Crippen molar-refractivity contribution in [2.45, 2.75) is 31.6 Å². The molecule has 1 fully saturated rings. The summed E-state index contributed by atoms with van der Waals surface area (Å²) in [6.45, 7) is 3.60. The molecular weight excluding hydrogens is 580 g/mol. The van der Waals surface area contributed by atoms with Gasteiger partial charge in [-0.15, -0.1) is 0 Å². The summed E-state index contributed by atoms with van der Waals surface area (Å²) in [5.74, 6) is 0.0977. The molecule has 2 aliphatic heterocycles. The second-order valence-electron chi connectivity index (χ2n) is 11.9. The lowest BCUT2D eigenvalue weighted by Crippen LogP contribution is -2.40. The van der Waals surface area contributed by atoms with Crippen LogP contribution in [0.2, 0.25) is 0 Å². The summed E-state index contributed by atoms with van der Waals surface area (Å²) in [5.41, 5.74) is 4.23. The standard InChI is InChI=1S/C36H32F4N4O/c37-27-9-10-28-25(19-27)21-42-34(28)22-12-15-44(16-13-22)17-14-41-33(23-4-3-5-26(18-23)36(38,39)40)24-8-11-32-31(20-24)29-6-1-2-7-30(29)35(45)43-32/h1-11,18-20,22,33,41H,12-17,21H2,(H,43,45). The van der Waals surface area contributed by atoms with Gasteiger partial charge in [-0.1, -0.05) is 36.4 Å². The van der Waals surface area contributed by atoms with Gasteiger partial charge in [-0.05, 0) is 96.5 Å². The smallest absolute Gasteiger partial charge is 0.321 e. The van der Waals surface area contributed by atoms with Gasteiger partial charge in [-0.25, -0.2) is 4.39 Å². The highest BCUT2D eigenvalue weighted by molar-refractivity contribution is 6.06. The second-order valence-corrected chi connectivity index (χ2v) is 11.9. The van der Waals surface area contributed by atoms with Crippen LogP contribution >= 0.6 is 0 Å². The first-order valence-corrected chi connectivity index (χ1v) is 15.3. The van der Waals surface area contributed by atoms with Gasteiger partial charge in [0.25, 0.3) is 5.56 Å². The molecule has 1 atom stereocenters. The molecule has 1 unspecified atom stereocenters. The average Bonchev–Trinajstić information content (AvgIpc) is 3.46. The van der Waals surface area contributed by atoms with Gasteiger partial charge in [-0.2, -0.15) is 13.2 Å². The monoisotopic (exact) mass is 612 g/mol. The number of hydrogen-bond acceptors (Lipinski definition) is 4.